The molecule has 0 bridgehead atoms. The van der Waals surface area contributed by atoms with Gasteiger partial charge in [0.2, 0.25) is 9.84 Å². The Hall–Kier alpha value is -3.62. The lowest BCUT2D eigenvalue weighted by Gasteiger charge is -2.06. The normalized spacial score (nSPS) is 12.1. The maximum absolute atomic E-state index is 13.3. The summed E-state index contributed by atoms with van der Waals surface area (Å²) >= 11 is 5.91. The molecule has 0 aliphatic carbocycles. The first-order chi connectivity index (χ1) is 14.8. The lowest BCUT2D eigenvalue weighted by atomic mass is 10.2. The highest BCUT2D eigenvalue weighted by molar-refractivity contribution is 8.00. The molecule has 0 unspecified atom stereocenters. The summed E-state index contributed by atoms with van der Waals surface area (Å²) in [4.78, 5) is 10.0. The van der Waals surface area contributed by atoms with Crippen LogP contribution < -0.4 is 0 Å². The Morgan fingerprint density at radius 3 is 2.26 bits per heavy atom. The second-order valence-corrected chi connectivity index (χ2v) is 8.78. The van der Waals surface area contributed by atoms with Crippen molar-refractivity contribution in [2.45, 2.75) is 4.90 Å². The zero-order valence-corrected chi connectivity index (χ0v) is 17.3. The van der Waals surface area contributed by atoms with Crippen LogP contribution in [-0.2, 0) is 9.84 Å². The van der Waals surface area contributed by atoms with Gasteiger partial charge in [0.25, 0.3) is 0 Å². The van der Waals surface area contributed by atoms with E-state index in [2.05, 4.69) is 0 Å². The van der Waals surface area contributed by atoms with Crippen LogP contribution in [0.3, 0.4) is 0 Å². The van der Waals surface area contributed by atoms with Crippen molar-refractivity contribution in [2.24, 2.45) is 0 Å². The van der Waals surface area contributed by atoms with Gasteiger partial charge in [0.15, 0.2) is 5.76 Å². The zero-order valence-electron chi connectivity index (χ0n) is 15.8. The highest BCUT2D eigenvalue weighted by Gasteiger charge is 2.27. The van der Waals surface area contributed by atoms with Crippen LogP contribution in [0, 0.1) is 10.1 Å². The summed E-state index contributed by atoms with van der Waals surface area (Å²) < 4.78 is 37.5. The van der Waals surface area contributed by atoms with Crippen molar-refractivity contribution in [3.8, 4) is 11.3 Å². The van der Waals surface area contributed by atoms with E-state index in [1.165, 1.54) is 24.3 Å². The third kappa shape index (κ3) is 4.30. The Labute approximate surface area is 182 Å². The fourth-order valence-electron chi connectivity index (χ4n) is 2.89. The molecular formula is C22H14ClNO6S. The molecule has 0 aliphatic heterocycles. The van der Waals surface area contributed by atoms with Crippen molar-refractivity contribution >= 4 is 38.3 Å². The second-order valence-electron chi connectivity index (χ2n) is 6.43. The van der Waals surface area contributed by atoms with Crippen LogP contribution in [-0.4, -0.2) is 13.3 Å². The predicted molar refractivity (Wildman–Crippen MR) is 116 cm³/mol. The van der Waals surface area contributed by atoms with Crippen LogP contribution in [0.5, 0.6) is 0 Å². The van der Waals surface area contributed by atoms with Gasteiger partial charge in [-0.2, -0.15) is 0 Å². The number of hydrogen-bond donors (Lipinski definition) is 0. The molecule has 0 aliphatic rings. The number of rotatable bonds is 6. The molecule has 9 heteroatoms. The van der Waals surface area contributed by atoms with Gasteiger partial charge in [-0.3, -0.25) is 10.1 Å². The van der Waals surface area contributed by atoms with E-state index in [9.17, 15) is 18.5 Å². The van der Waals surface area contributed by atoms with Crippen molar-refractivity contribution in [1.29, 1.82) is 0 Å². The average Bonchev–Trinajstić information content (AvgIpc) is 3.43. The summed E-state index contributed by atoms with van der Waals surface area (Å²) in [5.74, 6) is 0.00812. The Balaban J connectivity index is 1.82. The second kappa shape index (κ2) is 8.25. The first-order valence-electron chi connectivity index (χ1n) is 8.97. The number of halogens is 1. The topological polar surface area (TPSA) is 104 Å². The zero-order chi connectivity index (χ0) is 22.0. The van der Waals surface area contributed by atoms with Crippen molar-refractivity contribution in [3.63, 3.8) is 0 Å². The van der Waals surface area contributed by atoms with Crippen molar-refractivity contribution < 1.29 is 22.2 Å². The summed E-state index contributed by atoms with van der Waals surface area (Å²) in [6.45, 7) is 0. The average molecular weight is 456 g/mol. The molecule has 2 aromatic carbocycles. The van der Waals surface area contributed by atoms with E-state index in [0.29, 0.717) is 10.8 Å². The molecule has 0 atom stereocenters. The van der Waals surface area contributed by atoms with Gasteiger partial charge in [-0.05, 0) is 54.6 Å². The Kier molecular flexibility index (Phi) is 5.50. The van der Waals surface area contributed by atoms with Gasteiger partial charge in [-0.25, -0.2) is 8.42 Å². The van der Waals surface area contributed by atoms with E-state index in [-0.39, 0.29) is 21.3 Å². The molecule has 0 spiro atoms. The standard InChI is InChI=1S/C22H14ClNO6S/c23-16-8-6-15(7-9-16)19-11-10-17(29-19)14-21(20-12-13-22(30-20)24(25)26)31(27,28)18-4-2-1-3-5-18/h1-14H/b21-14+. The fourth-order valence-corrected chi connectivity index (χ4v) is 4.44. The Morgan fingerprint density at radius 1 is 0.903 bits per heavy atom. The van der Waals surface area contributed by atoms with E-state index < -0.39 is 20.6 Å². The maximum atomic E-state index is 13.3. The summed E-state index contributed by atoms with van der Waals surface area (Å²) in [6, 6.07) is 20.3. The first-order valence-corrected chi connectivity index (χ1v) is 10.8. The minimum absolute atomic E-state index is 0.0183. The monoisotopic (exact) mass is 455 g/mol. The van der Waals surface area contributed by atoms with Gasteiger partial charge in [0.1, 0.15) is 21.3 Å². The molecule has 0 radical (unpaired) electrons. The highest BCUT2D eigenvalue weighted by atomic mass is 35.5. The number of sulfone groups is 1. The fraction of sp³-hybridized carbons (Fsp3) is 0. The molecule has 156 valence electrons. The summed E-state index contributed by atoms with van der Waals surface area (Å²) in [6.07, 6.45) is 1.28. The lowest BCUT2D eigenvalue weighted by Crippen LogP contribution is -2.03. The smallest absolute Gasteiger partial charge is 0.433 e. The van der Waals surface area contributed by atoms with Crippen LogP contribution in [0.25, 0.3) is 22.3 Å². The number of hydrogen-bond acceptors (Lipinski definition) is 6. The molecule has 0 amide bonds. The van der Waals surface area contributed by atoms with Crippen molar-refractivity contribution in [2.75, 3.05) is 0 Å². The third-order valence-corrected chi connectivity index (χ3v) is 6.43. The first kappa shape index (κ1) is 20.6. The van der Waals surface area contributed by atoms with Crippen molar-refractivity contribution in [3.05, 3.63) is 106 Å². The predicted octanol–water partition coefficient (Wildman–Crippen LogP) is 6.07. The van der Waals surface area contributed by atoms with Gasteiger partial charge >= 0.3 is 5.88 Å². The molecule has 31 heavy (non-hydrogen) atoms. The van der Waals surface area contributed by atoms with Crippen LogP contribution in [0.4, 0.5) is 5.88 Å². The molecule has 4 aromatic rings. The molecule has 7 nitrogen and oxygen atoms in total. The van der Waals surface area contributed by atoms with Crippen LogP contribution in [0.2, 0.25) is 5.02 Å². The van der Waals surface area contributed by atoms with E-state index in [0.717, 1.165) is 11.6 Å². The SMILES string of the molecule is O=[N+]([O-])c1ccc(/C(=C\c2ccc(-c3ccc(Cl)cc3)o2)S(=O)(=O)c2ccccc2)o1. The molecule has 0 saturated heterocycles. The largest absolute Gasteiger partial charge is 0.457 e. The maximum Gasteiger partial charge on any atom is 0.433 e. The van der Waals surface area contributed by atoms with E-state index in [1.54, 1.807) is 54.6 Å². The molecule has 2 heterocycles. The van der Waals surface area contributed by atoms with Gasteiger partial charge < -0.3 is 8.83 Å². The quantitative estimate of drug-likeness (QED) is 0.258. The summed E-state index contributed by atoms with van der Waals surface area (Å²) in [7, 11) is -4.06. The van der Waals surface area contributed by atoms with E-state index in [1.807, 2.05) is 0 Å². The highest BCUT2D eigenvalue weighted by Crippen LogP contribution is 2.34. The van der Waals surface area contributed by atoms with Gasteiger partial charge in [-0.1, -0.05) is 29.8 Å². The van der Waals surface area contributed by atoms with Gasteiger partial charge in [-0.15, -0.1) is 0 Å². The molecule has 4 rings (SSSR count). The van der Waals surface area contributed by atoms with Crippen LogP contribution in [0.1, 0.15) is 11.5 Å². The summed E-state index contributed by atoms with van der Waals surface area (Å²) in [5, 5.41) is 11.6. The van der Waals surface area contributed by atoms with Gasteiger partial charge in [0.05, 0.1) is 11.0 Å². The minimum atomic E-state index is -4.06. The van der Waals surface area contributed by atoms with E-state index >= 15 is 0 Å². The van der Waals surface area contributed by atoms with Crippen LogP contribution in [0.15, 0.2) is 92.6 Å². The number of benzene rings is 2. The summed E-state index contributed by atoms with van der Waals surface area (Å²) in [5.41, 5.74) is 0.755. The molecule has 0 fully saturated rings. The molecule has 0 saturated carbocycles. The molecular weight excluding hydrogens is 442 g/mol. The van der Waals surface area contributed by atoms with E-state index in [4.69, 9.17) is 20.4 Å². The number of furan rings is 2. The minimum Gasteiger partial charge on any atom is -0.457 e. The molecule has 0 N–H and O–H groups in total. The third-order valence-electron chi connectivity index (χ3n) is 4.39. The van der Waals surface area contributed by atoms with Crippen LogP contribution >= 0.6 is 11.6 Å². The number of nitrogens with zero attached hydrogens (tertiary/aromatic N) is 1. The van der Waals surface area contributed by atoms with Crippen molar-refractivity contribution in [1.82, 2.24) is 0 Å². The Bertz CT molecular complexity index is 1370. The number of nitro groups is 1. The van der Waals surface area contributed by atoms with Gasteiger partial charge in [0, 0.05) is 16.7 Å². The molecule has 2 aromatic heterocycles. The Morgan fingerprint density at radius 2 is 1.61 bits per heavy atom. The lowest BCUT2D eigenvalue weighted by molar-refractivity contribution is -0.402.